The quantitative estimate of drug-likeness (QED) is 0.686. The number of esters is 1. The maximum Gasteiger partial charge on any atom is 0.377 e. The third-order valence-electron chi connectivity index (χ3n) is 3.46. The number of carbonyl (C=O) groups is 1. The van der Waals surface area contributed by atoms with Crippen LogP contribution in [0, 0.1) is 6.92 Å². The lowest BCUT2D eigenvalue weighted by atomic mass is 10.1. The van der Waals surface area contributed by atoms with Crippen molar-refractivity contribution in [1.29, 1.82) is 0 Å². The Bertz CT molecular complexity index is 855. The molecule has 0 aliphatic carbocycles. The van der Waals surface area contributed by atoms with Crippen molar-refractivity contribution in [2.75, 3.05) is 14.2 Å². The highest BCUT2D eigenvalue weighted by Crippen LogP contribution is 2.22. The van der Waals surface area contributed by atoms with Crippen molar-refractivity contribution < 1.29 is 14.3 Å². The number of carbonyl (C=O) groups excluding carboxylic acids is 1. The Labute approximate surface area is 138 Å². The Hall–Kier alpha value is -3.22. The van der Waals surface area contributed by atoms with Gasteiger partial charge in [-0.05, 0) is 13.0 Å². The minimum absolute atomic E-state index is 0.0103. The van der Waals surface area contributed by atoms with Crippen LogP contribution in [0.25, 0.3) is 17.1 Å². The van der Waals surface area contributed by atoms with E-state index in [1.165, 1.54) is 7.11 Å². The van der Waals surface area contributed by atoms with Crippen LogP contribution < -0.4 is 4.74 Å². The Morgan fingerprint density at radius 3 is 2.42 bits per heavy atom. The normalized spacial score (nSPS) is 10.5. The molecule has 0 aliphatic rings. The number of methoxy groups -OCH3 is 2. The monoisotopic (exact) mass is 324 g/mol. The van der Waals surface area contributed by atoms with Gasteiger partial charge in [0.25, 0.3) is 5.82 Å². The number of rotatable bonds is 4. The standard InChI is InChI=1S/C17H16N4O3/c1-11-4-6-12(7-5-11)16-19-15(17(22)24-3)20-21(16)13-8-9-14(23-2)18-10-13/h4-10H,1-3H3. The van der Waals surface area contributed by atoms with Crippen molar-refractivity contribution >= 4 is 5.97 Å². The van der Waals surface area contributed by atoms with Crippen LogP contribution in [-0.2, 0) is 4.74 Å². The molecular weight excluding hydrogens is 308 g/mol. The van der Waals surface area contributed by atoms with Gasteiger partial charge in [-0.1, -0.05) is 29.8 Å². The predicted octanol–water partition coefficient (Wildman–Crippen LogP) is 2.43. The van der Waals surface area contributed by atoms with Crippen molar-refractivity contribution in [3.05, 3.63) is 54.0 Å². The fourth-order valence-corrected chi connectivity index (χ4v) is 2.18. The maximum absolute atomic E-state index is 11.8. The Balaban J connectivity index is 2.13. The lowest BCUT2D eigenvalue weighted by Gasteiger charge is -2.06. The second kappa shape index (κ2) is 6.49. The van der Waals surface area contributed by atoms with Crippen LogP contribution in [0.15, 0.2) is 42.6 Å². The van der Waals surface area contributed by atoms with Crippen LogP contribution in [0.4, 0.5) is 0 Å². The first-order valence-electron chi connectivity index (χ1n) is 7.25. The van der Waals surface area contributed by atoms with E-state index < -0.39 is 5.97 Å². The molecule has 0 N–H and O–H groups in total. The summed E-state index contributed by atoms with van der Waals surface area (Å²) in [5.74, 6) is 0.416. The number of benzene rings is 1. The molecule has 7 heteroatoms. The van der Waals surface area contributed by atoms with E-state index in [9.17, 15) is 4.79 Å². The summed E-state index contributed by atoms with van der Waals surface area (Å²) >= 11 is 0. The summed E-state index contributed by atoms with van der Waals surface area (Å²) in [5, 5.41) is 4.26. The maximum atomic E-state index is 11.8. The van der Waals surface area contributed by atoms with Crippen LogP contribution in [0.1, 0.15) is 16.2 Å². The Kier molecular flexibility index (Phi) is 4.24. The van der Waals surface area contributed by atoms with Gasteiger partial charge in [0.1, 0.15) is 0 Å². The van der Waals surface area contributed by atoms with Crippen molar-refractivity contribution in [3.8, 4) is 23.0 Å². The van der Waals surface area contributed by atoms with Gasteiger partial charge < -0.3 is 9.47 Å². The number of ether oxygens (including phenoxy) is 2. The molecule has 0 radical (unpaired) electrons. The van der Waals surface area contributed by atoms with Crippen LogP contribution in [0.5, 0.6) is 5.88 Å². The largest absolute Gasteiger partial charge is 0.481 e. The first-order chi connectivity index (χ1) is 11.6. The second-order valence-electron chi connectivity index (χ2n) is 5.09. The van der Waals surface area contributed by atoms with Crippen molar-refractivity contribution in [2.24, 2.45) is 0 Å². The highest BCUT2D eigenvalue weighted by Gasteiger charge is 2.19. The molecule has 3 rings (SSSR count). The molecule has 0 unspecified atom stereocenters. The molecule has 7 nitrogen and oxygen atoms in total. The van der Waals surface area contributed by atoms with Crippen molar-refractivity contribution in [1.82, 2.24) is 19.7 Å². The first-order valence-corrected chi connectivity index (χ1v) is 7.25. The van der Waals surface area contributed by atoms with Gasteiger partial charge in [0, 0.05) is 11.6 Å². The highest BCUT2D eigenvalue weighted by molar-refractivity contribution is 5.85. The van der Waals surface area contributed by atoms with E-state index in [0.717, 1.165) is 11.1 Å². The van der Waals surface area contributed by atoms with Gasteiger partial charge in [0.2, 0.25) is 5.88 Å². The van der Waals surface area contributed by atoms with Gasteiger partial charge in [0.05, 0.1) is 26.1 Å². The summed E-state index contributed by atoms with van der Waals surface area (Å²) in [6, 6.07) is 11.3. The fourth-order valence-electron chi connectivity index (χ4n) is 2.18. The molecule has 0 fully saturated rings. The minimum Gasteiger partial charge on any atom is -0.481 e. The lowest BCUT2D eigenvalue weighted by Crippen LogP contribution is -2.05. The summed E-state index contributed by atoms with van der Waals surface area (Å²) in [5.41, 5.74) is 2.62. The van der Waals surface area contributed by atoms with E-state index in [1.54, 1.807) is 30.1 Å². The molecular formula is C17H16N4O3. The molecule has 0 amide bonds. The molecule has 0 atom stereocenters. The van der Waals surface area contributed by atoms with E-state index in [4.69, 9.17) is 9.47 Å². The number of hydrogen-bond donors (Lipinski definition) is 0. The van der Waals surface area contributed by atoms with Crippen LogP contribution in [-0.4, -0.2) is 39.9 Å². The van der Waals surface area contributed by atoms with Gasteiger partial charge >= 0.3 is 5.97 Å². The van der Waals surface area contributed by atoms with Crippen molar-refractivity contribution in [2.45, 2.75) is 6.92 Å². The third-order valence-corrected chi connectivity index (χ3v) is 3.46. The summed E-state index contributed by atoms with van der Waals surface area (Å²) in [7, 11) is 2.84. The molecule has 1 aromatic carbocycles. The molecule has 0 spiro atoms. The van der Waals surface area contributed by atoms with Gasteiger partial charge in [-0.2, -0.15) is 0 Å². The molecule has 0 saturated heterocycles. The fraction of sp³-hybridized carbons (Fsp3) is 0.176. The number of aryl methyl sites for hydroxylation is 1. The van der Waals surface area contributed by atoms with Crippen LogP contribution in [0.3, 0.4) is 0 Å². The van der Waals surface area contributed by atoms with E-state index in [-0.39, 0.29) is 5.82 Å². The third kappa shape index (κ3) is 2.96. The van der Waals surface area contributed by atoms with E-state index in [2.05, 4.69) is 15.1 Å². The van der Waals surface area contributed by atoms with Gasteiger partial charge in [-0.15, -0.1) is 5.10 Å². The summed E-state index contributed by atoms with van der Waals surface area (Å²) in [6.45, 7) is 2.00. The van der Waals surface area contributed by atoms with Crippen LogP contribution in [0.2, 0.25) is 0 Å². The van der Waals surface area contributed by atoms with Crippen LogP contribution >= 0.6 is 0 Å². The molecule has 2 aromatic heterocycles. The van der Waals surface area contributed by atoms with E-state index in [0.29, 0.717) is 17.4 Å². The lowest BCUT2D eigenvalue weighted by molar-refractivity contribution is 0.0587. The topological polar surface area (TPSA) is 79.1 Å². The average molecular weight is 324 g/mol. The second-order valence-corrected chi connectivity index (χ2v) is 5.09. The summed E-state index contributed by atoms with van der Waals surface area (Å²) in [4.78, 5) is 20.3. The molecule has 24 heavy (non-hydrogen) atoms. The Morgan fingerprint density at radius 1 is 1.08 bits per heavy atom. The highest BCUT2D eigenvalue weighted by atomic mass is 16.5. The molecule has 0 saturated carbocycles. The molecule has 0 aliphatic heterocycles. The number of pyridine rings is 1. The molecule has 122 valence electrons. The zero-order valence-corrected chi connectivity index (χ0v) is 13.6. The Morgan fingerprint density at radius 2 is 1.83 bits per heavy atom. The molecule has 0 bridgehead atoms. The summed E-state index contributed by atoms with van der Waals surface area (Å²) in [6.07, 6.45) is 1.60. The smallest absolute Gasteiger partial charge is 0.377 e. The van der Waals surface area contributed by atoms with Crippen molar-refractivity contribution in [3.63, 3.8) is 0 Å². The summed E-state index contributed by atoms with van der Waals surface area (Å²) < 4.78 is 11.3. The number of hydrogen-bond acceptors (Lipinski definition) is 6. The predicted molar refractivity (Wildman–Crippen MR) is 87.2 cm³/mol. The van der Waals surface area contributed by atoms with E-state index >= 15 is 0 Å². The zero-order valence-electron chi connectivity index (χ0n) is 13.6. The first kappa shape index (κ1) is 15.7. The van der Waals surface area contributed by atoms with Gasteiger partial charge in [-0.3, -0.25) is 0 Å². The zero-order chi connectivity index (χ0) is 17.1. The SMILES string of the molecule is COC(=O)c1nc(-c2ccc(C)cc2)n(-c2ccc(OC)nc2)n1. The molecule has 3 aromatic rings. The van der Waals surface area contributed by atoms with Gasteiger partial charge in [0.15, 0.2) is 5.82 Å². The van der Waals surface area contributed by atoms with Gasteiger partial charge in [-0.25, -0.2) is 19.4 Å². The van der Waals surface area contributed by atoms with E-state index in [1.807, 2.05) is 31.2 Å². The molecule has 2 heterocycles. The number of nitrogens with zero attached hydrogens (tertiary/aromatic N) is 4. The average Bonchev–Trinajstić information content (AvgIpc) is 3.07. The number of aromatic nitrogens is 4. The minimum atomic E-state index is -0.594.